The number of carbonyl (C=O) groups excluding carboxylic acids is 2. The fourth-order valence-electron chi connectivity index (χ4n) is 3.60. The molecule has 1 fully saturated rings. The maximum atomic E-state index is 12.4. The van der Waals surface area contributed by atoms with E-state index in [9.17, 15) is 9.59 Å². The van der Waals surface area contributed by atoms with Crippen LogP contribution in [-0.2, 0) is 4.79 Å². The van der Waals surface area contributed by atoms with Gasteiger partial charge in [-0.2, -0.15) is 0 Å². The summed E-state index contributed by atoms with van der Waals surface area (Å²) in [7, 11) is 0. The molecule has 4 nitrogen and oxygen atoms in total. The number of Topliss-reactive ketones (excluding diaryl/α,β-unsaturated/α-hetero) is 1. The molecule has 0 spiro atoms. The second-order valence-corrected chi connectivity index (χ2v) is 7.81. The number of rotatable bonds is 3. The maximum absolute atomic E-state index is 12.4. The molecule has 1 amide bonds. The van der Waals surface area contributed by atoms with Gasteiger partial charge < -0.3 is 4.90 Å². The van der Waals surface area contributed by atoms with Gasteiger partial charge in [-0.05, 0) is 39.5 Å². The number of hydrogen-bond acceptors (Lipinski definition) is 3. The number of hydrogen-bond donors (Lipinski definition) is 1. The molecule has 23 heavy (non-hydrogen) atoms. The van der Waals surface area contributed by atoms with Crippen molar-refractivity contribution < 1.29 is 14.5 Å². The van der Waals surface area contributed by atoms with E-state index in [-0.39, 0.29) is 0 Å². The summed E-state index contributed by atoms with van der Waals surface area (Å²) < 4.78 is 0.806. The van der Waals surface area contributed by atoms with Crippen LogP contribution in [0.25, 0.3) is 0 Å². The van der Waals surface area contributed by atoms with Crippen LogP contribution in [0.1, 0.15) is 34.1 Å². The van der Waals surface area contributed by atoms with Crippen LogP contribution in [0.5, 0.6) is 0 Å². The number of anilines is 1. The number of para-hydroxylation sites is 1. The van der Waals surface area contributed by atoms with Gasteiger partial charge in [-0.3, -0.25) is 14.5 Å². The molecular formula is C17H16BrN2O2S+. The molecule has 1 N–H and O–H groups in total. The van der Waals surface area contributed by atoms with Crippen LogP contribution >= 0.6 is 27.3 Å². The highest BCUT2D eigenvalue weighted by Gasteiger charge is 2.41. The number of thiophene rings is 1. The summed E-state index contributed by atoms with van der Waals surface area (Å²) >= 11 is 5.26. The van der Waals surface area contributed by atoms with E-state index in [2.05, 4.69) is 33.4 Å². The minimum atomic E-state index is -0.406. The Bertz CT molecular complexity index is 775. The van der Waals surface area contributed by atoms with Gasteiger partial charge in [0.05, 0.1) is 22.7 Å². The monoisotopic (exact) mass is 391 g/mol. The molecule has 0 saturated carbocycles. The van der Waals surface area contributed by atoms with Gasteiger partial charge in [-0.25, -0.2) is 0 Å². The number of likely N-dealkylation sites (tertiary alicyclic amines) is 1. The normalized spacial score (nSPS) is 23.6. The largest absolute Gasteiger partial charge is 0.311 e. The Labute approximate surface area is 146 Å². The molecule has 0 radical (unpaired) electrons. The molecule has 0 bridgehead atoms. The number of carbonyl (C=O) groups is 2. The Morgan fingerprint density at radius 3 is 2.91 bits per heavy atom. The number of ketones is 1. The quantitative estimate of drug-likeness (QED) is 0.816. The first-order chi connectivity index (χ1) is 11.2. The van der Waals surface area contributed by atoms with Gasteiger partial charge >= 0.3 is 5.91 Å². The average molecular weight is 392 g/mol. The Morgan fingerprint density at radius 1 is 1.26 bits per heavy atom. The second-order valence-electron chi connectivity index (χ2n) is 5.97. The van der Waals surface area contributed by atoms with E-state index in [1.165, 1.54) is 9.78 Å². The van der Waals surface area contributed by atoms with E-state index in [0.29, 0.717) is 18.3 Å². The van der Waals surface area contributed by atoms with E-state index in [4.69, 9.17) is 0 Å². The van der Waals surface area contributed by atoms with Gasteiger partial charge in [0.1, 0.15) is 6.04 Å². The van der Waals surface area contributed by atoms with E-state index >= 15 is 0 Å². The number of benzene rings is 1. The topological polar surface area (TPSA) is 41.8 Å². The summed E-state index contributed by atoms with van der Waals surface area (Å²) in [5, 5.41) is 2.10. The molecule has 4 rings (SSSR count). The minimum absolute atomic E-state index is 0.396. The lowest BCUT2D eigenvalue weighted by atomic mass is 10.1. The van der Waals surface area contributed by atoms with Gasteiger partial charge in [0.15, 0.2) is 6.67 Å². The number of nitrogens with zero attached hydrogens (tertiary/aromatic N) is 1. The van der Waals surface area contributed by atoms with Crippen LogP contribution in [0.4, 0.5) is 5.69 Å². The summed E-state index contributed by atoms with van der Waals surface area (Å²) in [5.41, 5.74) is 1.24. The highest BCUT2D eigenvalue weighted by atomic mass is 79.9. The van der Waals surface area contributed by atoms with Crippen molar-refractivity contribution >= 4 is 44.6 Å². The first kappa shape index (κ1) is 15.1. The minimum Gasteiger partial charge on any atom is -0.311 e. The van der Waals surface area contributed by atoms with Crippen LogP contribution in [0.3, 0.4) is 0 Å². The summed E-state index contributed by atoms with van der Waals surface area (Å²) in [6, 6.07) is 10.1. The molecule has 1 unspecified atom stereocenters. The molecule has 2 aliphatic rings. The van der Waals surface area contributed by atoms with Crippen molar-refractivity contribution in [3.05, 3.63) is 50.6 Å². The van der Waals surface area contributed by atoms with Gasteiger partial charge in [0.25, 0.3) is 5.78 Å². The van der Waals surface area contributed by atoms with Gasteiger partial charge in [0.2, 0.25) is 0 Å². The molecule has 2 aromatic rings. The number of amides is 1. The van der Waals surface area contributed by atoms with Crippen molar-refractivity contribution in [3.63, 3.8) is 0 Å². The predicted molar refractivity (Wildman–Crippen MR) is 92.9 cm³/mol. The molecule has 2 atom stereocenters. The lowest BCUT2D eigenvalue weighted by molar-refractivity contribution is -0.916. The highest BCUT2D eigenvalue weighted by molar-refractivity contribution is 9.10. The molecular weight excluding hydrogens is 376 g/mol. The van der Waals surface area contributed by atoms with E-state index in [1.54, 1.807) is 28.4 Å². The number of quaternary nitrogens is 1. The Morgan fingerprint density at radius 2 is 2.13 bits per heavy atom. The molecule has 118 valence electrons. The van der Waals surface area contributed by atoms with Crippen LogP contribution in [-0.4, -0.2) is 24.9 Å². The van der Waals surface area contributed by atoms with Crippen molar-refractivity contribution in [1.82, 2.24) is 0 Å². The molecule has 1 aromatic carbocycles. The van der Waals surface area contributed by atoms with Crippen LogP contribution in [0.15, 0.2) is 40.2 Å². The van der Waals surface area contributed by atoms with Crippen molar-refractivity contribution in [3.8, 4) is 0 Å². The first-order valence-corrected chi connectivity index (χ1v) is 9.37. The second kappa shape index (κ2) is 5.85. The fraction of sp³-hybridized carbons (Fsp3) is 0.294. The van der Waals surface area contributed by atoms with Crippen LogP contribution in [0, 0.1) is 0 Å². The Hall–Kier alpha value is -1.50. The van der Waals surface area contributed by atoms with E-state index in [1.807, 2.05) is 6.07 Å². The van der Waals surface area contributed by atoms with E-state index in [0.717, 1.165) is 29.5 Å². The first-order valence-electron chi connectivity index (χ1n) is 7.69. The van der Waals surface area contributed by atoms with Crippen LogP contribution < -0.4 is 9.80 Å². The lowest BCUT2D eigenvalue weighted by Gasteiger charge is -2.26. The average Bonchev–Trinajstić information content (AvgIpc) is 3.25. The van der Waals surface area contributed by atoms with Crippen LogP contribution in [0.2, 0.25) is 0 Å². The predicted octanol–water partition coefficient (Wildman–Crippen LogP) is 2.42. The van der Waals surface area contributed by atoms with Crippen molar-refractivity contribution in [1.29, 1.82) is 0 Å². The lowest BCUT2D eigenvalue weighted by Crippen LogP contribution is -3.12. The zero-order chi connectivity index (χ0) is 16.0. The molecule has 1 saturated heterocycles. The van der Waals surface area contributed by atoms with Crippen molar-refractivity contribution in [2.45, 2.75) is 18.9 Å². The number of nitrogens with one attached hydrogen (secondary N) is 1. The third-order valence-corrected chi connectivity index (χ3v) is 6.30. The molecule has 0 aliphatic carbocycles. The standard InChI is InChI=1S/C17H15BrN2O2S/c18-12-5-1-4-11-15(12)20(17(22)16(11)21)10-19-8-2-6-13(19)14-7-3-9-23-14/h1,3-5,7,9,13H,2,6,8,10H2/p+1/t13-/m0/s1. The SMILES string of the molecule is O=C1C(=O)N(C[NH+]2CCC[C@H]2c2cccs2)c2c(Br)cccc21. The number of halogens is 1. The summed E-state index contributed by atoms with van der Waals surface area (Å²) in [6.45, 7) is 1.57. The third-order valence-electron chi connectivity index (χ3n) is 4.67. The molecule has 3 heterocycles. The van der Waals surface area contributed by atoms with Crippen molar-refractivity contribution in [2.75, 3.05) is 18.1 Å². The Kier molecular flexibility index (Phi) is 3.83. The van der Waals surface area contributed by atoms with Crippen molar-refractivity contribution in [2.24, 2.45) is 0 Å². The van der Waals surface area contributed by atoms with Gasteiger partial charge in [-0.15, -0.1) is 11.3 Å². The zero-order valence-corrected chi connectivity index (χ0v) is 14.8. The van der Waals surface area contributed by atoms with Gasteiger partial charge in [0, 0.05) is 17.3 Å². The molecule has 2 aliphatic heterocycles. The highest BCUT2D eigenvalue weighted by Crippen LogP contribution is 2.35. The Balaban J connectivity index is 1.65. The fourth-order valence-corrected chi connectivity index (χ4v) is 5.10. The van der Waals surface area contributed by atoms with E-state index < -0.39 is 11.7 Å². The number of fused-ring (bicyclic) bond motifs is 1. The summed E-state index contributed by atoms with van der Waals surface area (Å²) in [4.78, 5) is 29.0. The summed E-state index contributed by atoms with van der Waals surface area (Å²) in [5.74, 6) is -0.802. The maximum Gasteiger partial charge on any atom is 0.303 e. The smallest absolute Gasteiger partial charge is 0.303 e. The third kappa shape index (κ3) is 2.45. The summed E-state index contributed by atoms with van der Waals surface area (Å²) in [6.07, 6.45) is 2.28. The molecule has 6 heteroatoms. The zero-order valence-electron chi connectivity index (χ0n) is 12.4. The van der Waals surface area contributed by atoms with Gasteiger partial charge in [-0.1, -0.05) is 12.1 Å². The molecule has 1 aromatic heterocycles.